The van der Waals surface area contributed by atoms with Gasteiger partial charge >= 0.3 is 5.97 Å². The first kappa shape index (κ1) is 21.8. The summed E-state index contributed by atoms with van der Waals surface area (Å²) >= 11 is 0. The van der Waals surface area contributed by atoms with Crippen LogP contribution in [0.25, 0.3) is 6.08 Å². The minimum Gasteiger partial charge on any atom is -0.493 e. The zero-order valence-corrected chi connectivity index (χ0v) is 17.4. The van der Waals surface area contributed by atoms with Crippen molar-refractivity contribution in [2.24, 2.45) is 11.8 Å². The van der Waals surface area contributed by atoms with E-state index in [0.29, 0.717) is 28.9 Å². The number of amides is 1. The molecule has 1 fully saturated rings. The second kappa shape index (κ2) is 10.2. The number of benzene rings is 1. The number of hydrogen-bond donors (Lipinski definition) is 1. The van der Waals surface area contributed by atoms with Crippen LogP contribution in [0.15, 0.2) is 24.3 Å². The van der Waals surface area contributed by atoms with Crippen LogP contribution in [0, 0.1) is 11.8 Å². The lowest BCUT2D eigenvalue weighted by molar-refractivity contribution is -0.150. The molecule has 0 aliphatic heterocycles. The average molecular weight is 389 g/mol. The molecule has 4 atom stereocenters. The van der Waals surface area contributed by atoms with E-state index >= 15 is 0 Å². The second-order valence-electron chi connectivity index (χ2n) is 7.38. The molecule has 1 aromatic rings. The van der Waals surface area contributed by atoms with Gasteiger partial charge in [-0.15, -0.1) is 0 Å². The third-order valence-electron chi connectivity index (χ3n) is 5.53. The molecular weight excluding hydrogens is 358 g/mol. The van der Waals surface area contributed by atoms with E-state index in [1.54, 1.807) is 38.3 Å². The van der Waals surface area contributed by atoms with Crippen LogP contribution in [0.1, 0.15) is 45.6 Å². The maximum Gasteiger partial charge on any atom is 0.331 e. The zero-order chi connectivity index (χ0) is 20.7. The second-order valence-corrected chi connectivity index (χ2v) is 7.38. The van der Waals surface area contributed by atoms with Gasteiger partial charge in [0, 0.05) is 17.7 Å². The molecule has 1 amide bonds. The monoisotopic (exact) mass is 389 g/mol. The van der Waals surface area contributed by atoms with Crippen LogP contribution in [-0.2, 0) is 14.3 Å². The Bertz CT molecular complexity index is 715. The summed E-state index contributed by atoms with van der Waals surface area (Å²) < 4.78 is 15.8. The number of hydrogen-bond acceptors (Lipinski definition) is 5. The lowest BCUT2D eigenvalue weighted by atomic mass is 9.78. The number of para-hydroxylation sites is 1. The molecule has 0 saturated heterocycles. The Morgan fingerprint density at radius 3 is 2.61 bits per heavy atom. The first-order valence-corrected chi connectivity index (χ1v) is 9.77. The molecular formula is C22H31NO5. The fraction of sp³-hybridized carbons (Fsp3) is 0.545. The van der Waals surface area contributed by atoms with Gasteiger partial charge < -0.3 is 19.5 Å². The minimum absolute atomic E-state index is 0.133. The highest BCUT2D eigenvalue weighted by atomic mass is 16.5. The molecule has 1 saturated carbocycles. The summed E-state index contributed by atoms with van der Waals surface area (Å²) in [6, 6.07) is 5.50. The number of ether oxygens (including phenoxy) is 3. The SMILES string of the molecule is COc1cccc(/C=C/C(=O)O[C@H](C)C(=O)N[C@H]2CCC[C@@H](C)[C@H]2C)c1OC. The third kappa shape index (κ3) is 5.50. The van der Waals surface area contributed by atoms with E-state index in [0.717, 1.165) is 12.8 Å². The molecule has 1 aromatic carbocycles. The number of methoxy groups -OCH3 is 2. The van der Waals surface area contributed by atoms with Crippen LogP contribution in [0.2, 0.25) is 0 Å². The van der Waals surface area contributed by atoms with Crippen LogP contribution >= 0.6 is 0 Å². The summed E-state index contributed by atoms with van der Waals surface area (Å²) in [6.45, 7) is 5.96. The van der Waals surface area contributed by atoms with Gasteiger partial charge in [0.1, 0.15) is 0 Å². The van der Waals surface area contributed by atoms with E-state index < -0.39 is 12.1 Å². The molecule has 0 radical (unpaired) electrons. The molecule has 6 heteroatoms. The van der Waals surface area contributed by atoms with Gasteiger partial charge in [-0.2, -0.15) is 0 Å². The van der Waals surface area contributed by atoms with E-state index in [-0.39, 0.29) is 11.9 Å². The molecule has 6 nitrogen and oxygen atoms in total. The molecule has 0 unspecified atom stereocenters. The molecule has 1 aliphatic carbocycles. The Kier molecular flexibility index (Phi) is 7.91. The van der Waals surface area contributed by atoms with Crippen molar-refractivity contribution in [2.45, 2.75) is 52.2 Å². The Morgan fingerprint density at radius 2 is 1.93 bits per heavy atom. The van der Waals surface area contributed by atoms with Crippen LogP contribution < -0.4 is 14.8 Å². The first-order valence-electron chi connectivity index (χ1n) is 9.77. The highest BCUT2D eigenvalue weighted by molar-refractivity contribution is 5.91. The van der Waals surface area contributed by atoms with E-state index in [2.05, 4.69) is 19.2 Å². The summed E-state index contributed by atoms with van der Waals surface area (Å²) in [6.07, 6.45) is 5.28. The minimum atomic E-state index is -0.853. The van der Waals surface area contributed by atoms with Crippen molar-refractivity contribution in [2.75, 3.05) is 14.2 Å². The van der Waals surface area contributed by atoms with Crippen LogP contribution in [0.5, 0.6) is 11.5 Å². The van der Waals surface area contributed by atoms with Crippen molar-refractivity contribution in [3.05, 3.63) is 29.8 Å². The van der Waals surface area contributed by atoms with Crippen molar-refractivity contribution >= 4 is 18.0 Å². The number of carbonyl (C=O) groups is 2. The molecule has 2 rings (SSSR count). The average Bonchev–Trinajstić information content (AvgIpc) is 2.69. The van der Waals surface area contributed by atoms with Gasteiger partial charge in [-0.25, -0.2) is 4.79 Å². The lowest BCUT2D eigenvalue weighted by Gasteiger charge is -2.35. The van der Waals surface area contributed by atoms with Gasteiger partial charge in [0.25, 0.3) is 5.91 Å². The Labute approximate surface area is 167 Å². The fourth-order valence-electron chi connectivity index (χ4n) is 3.55. The number of carbonyl (C=O) groups excluding carboxylic acids is 2. The van der Waals surface area contributed by atoms with Crippen molar-refractivity contribution < 1.29 is 23.8 Å². The van der Waals surface area contributed by atoms with E-state index in [1.807, 2.05) is 0 Å². The summed E-state index contributed by atoms with van der Waals surface area (Å²) in [5.41, 5.74) is 0.681. The van der Waals surface area contributed by atoms with Crippen molar-refractivity contribution in [1.29, 1.82) is 0 Å². The van der Waals surface area contributed by atoms with Crippen molar-refractivity contribution in [1.82, 2.24) is 5.32 Å². The highest BCUT2D eigenvalue weighted by Gasteiger charge is 2.29. The fourth-order valence-corrected chi connectivity index (χ4v) is 3.55. The van der Waals surface area contributed by atoms with Crippen LogP contribution in [0.4, 0.5) is 0 Å². The molecule has 154 valence electrons. The number of rotatable bonds is 7. The van der Waals surface area contributed by atoms with E-state index in [1.165, 1.54) is 19.6 Å². The maximum absolute atomic E-state index is 12.4. The standard InChI is InChI=1S/C22H31NO5/c1-14-8-6-10-18(15(14)2)23-22(25)16(3)28-20(24)13-12-17-9-7-11-19(26-4)21(17)27-5/h7,9,11-16,18H,6,8,10H2,1-5H3,(H,23,25)/b13-12+/t14-,15-,16-,18+/m1/s1. The summed E-state index contributed by atoms with van der Waals surface area (Å²) in [7, 11) is 3.08. The molecule has 1 N–H and O–H groups in total. The Hall–Kier alpha value is -2.50. The smallest absolute Gasteiger partial charge is 0.331 e. The van der Waals surface area contributed by atoms with Gasteiger partial charge in [-0.3, -0.25) is 4.79 Å². The predicted molar refractivity (Wildman–Crippen MR) is 108 cm³/mol. The van der Waals surface area contributed by atoms with Crippen LogP contribution in [-0.4, -0.2) is 38.2 Å². The van der Waals surface area contributed by atoms with Gasteiger partial charge in [0.2, 0.25) is 0 Å². The van der Waals surface area contributed by atoms with Gasteiger partial charge in [-0.1, -0.05) is 38.8 Å². The van der Waals surface area contributed by atoms with Gasteiger partial charge in [0.15, 0.2) is 17.6 Å². The number of nitrogens with one attached hydrogen (secondary N) is 1. The first-order chi connectivity index (χ1) is 13.4. The lowest BCUT2D eigenvalue weighted by Crippen LogP contribution is -2.47. The van der Waals surface area contributed by atoms with Crippen molar-refractivity contribution in [3.63, 3.8) is 0 Å². The molecule has 0 bridgehead atoms. The molecule has 28 heavy (non-hydrogen) atoms. The normalized spacial score (nSPS) is 23.1. The van der Waals surface area contributed by atoms with Gasteiger partial charge in [0.05, 0.1) is 14.2 Å². The summed E-state index contributed by atoms with van der Waals surface area (Å²) in [4.78, 5) is 24.5. The summed E-state index contributed by atoms with van der Waals surface area (Å²) in [5.74, 6) is 1.25. The van der Waals surface area contributed by atoms with Crippen LogP contribution in [0.3, 0.4) is 0 Å². The van der Waals surface area contributed by atoms with Crippen molar-refractivity contribution in [3.8, 4) is 11.5 Å². The largest absolute Gasteiger partial charge is 0.493 e. The molecule has 0 spiro atoms. The van der Waals surface area contributed by atoms with E-state index in [4.69, 9.17) is 14.2 Å². The third-order valence-corrected chi connectivity index (χ3v) is 5.53. The topological polar surface area (TPSA) is 73.9 Å². The van der Waals surface area contributed by atoms with Gasteiger partial charge in [-0.05, 0) is 37.3 Å². The zero-order valence-electron chi connectivity index (χ0n) is 17.4. The predicted octanol–water partition coefficient (Wildman–Crippen LogP) is 3.59. The van der Waals surface area contributed by atoms with E-state index in [9.17, 15) is 9.59 Å². The Balaban J connectivity index is 1.93. The molecule has 1 aliphatic rings. The maximum atomic E-state index is 12.4. The summed E-state index contributed by atoms with van der Waals surface area (Å²) in [5, 5.41) is 3.03. The highest BCUT2D eigenvalue weighted by Crippen LogP contribution is 2.31. The molecule has 0 aromatic heterocycles. The quantitative estimate of drug-likeness (QED) is 0.570. The Morgan fingerprint density at radius 1 is 1.18 bits per heavy atom. The number of esters is 1. The molecule has 0 heterocycles.